The molecule has 20 heavy (non-hydrogen) atoms. The average Bonchev–Trinajstić information content (AvgIpc) is 2.46. The van der Waals surface area contributed by atoms with Crippen LogP contribution >= 0.6 is 12.2 Å². The summed E-state index contributed by atoms with van der Waals surface area (Å²) in [4.78, 5) is 9.79. The highest BCUT2D eigenvalue weighted by Crippen LogP contribution is 2.22. The molecule has 110 valence electrons. The Kier molecular flexibility index (Phi) is 4.94. The summed E-state index contributed by atoms with van der Waals surface area (Å²) in [5.74, 6) is 0.946. The second-order valence-electron chi connectivity index (χ2n) is 5.47. The molecule has 0 saturated carbocycles. The highest BCUT2D eigenvalue weighted by Gasteiger charge is 2.23. The van der Waals surface area contributed by atoms with E-state index in [1.54, 1.807) is 0 Å². The number of nitrogens with zero attached hydrogens (tertiary/aromatic N) is 3. The van der Waals surface area contributed by atoms with E-state index in [9.17, 15) is 0 Å². The number of anilines is 1. The molecule has 2 rings (SSSR count). The molecule has 1 aliphatic heterocycles. The maximum Gasteiger partial charge on any atom is 0.139 e. The third kappa shape index (κ3) is 3.10. The quantitative estimate of drug-likeness (QED) is 0.859. The van der Waals surface area contributed by atoms with E-state index in [-0.39, 0.29) is 0 Å². The summed E-state index contributed by atoms with van der Waals surface area (Å²) >= 11 is 5.19. The van der Waals surface area contributed by atoms with Crippen LogP contribution in [0.1, 0.15) is 31.4 Å². The second-order valence-corrected chi connectivity index (χ2v) is 5.91. The van der Waals surface area contributed by atoms with Crippen LogP contribution < -0.4 is 10.6 Å². The molecule has 1 fully saturated rings. The molecule has 1 aliphatic rings. The van der Waals surface area contributed by atoms with Crippen LogP contribution in [0.2, 0.25) is 0 Å². The molecule has 1 aromatic rings. The fourth-order valence-corrected chi connectivity index (χ4v) is 2.97. The minimum Gasteiger partial charge on any atom is -0.389 e. The monoisotopic (exact) mass is 292 g/mol. The fraction of sp³-hybridized carbons (Fsp3) is 0.600. The molecular formula is C15H24N4S. The molecule has 0 bridgehead atoms. The van der Waals surface area contributed by atoms with E-state index < -0.39 is 0 Å². The molecule has 0 aromatic carbocycles. The van der Waals surface area contributed by atoms with Gasteiger partial charge in [-0.15, -0.1) is 0 Å². The lowest BCUT2D eigenvalue weighted by molar-refractivity contribution is 0.192. The Balaban J connectivity index is 2.15. The third-order valence-corrected chi connectivity index (χ3v) is 4.42. The van der Waals surface area contributed by atoms with Gasteiger partial charge in [-0.25, -0.2) is 4.98 Å². The van der Waals surface area contributed by atoms with Crippen molar-refractivity contribution in [2.45, 2.75) is 33.2 Å². The molecule has 4 nitrogen and oxygen atoms in total. The van der Waals surface area contributed by atoms with Gasteiger partial charge < -0.3 is 10.6 Å². The molecule has 1 atom stereocenters. The van der Waals surface area contributed by atoms with Gasteiger partial charge in [0.15, 0.2) is 0 Å². The number of rotatable bonds is 4. The molecular weight excluding hydrogens is 268 g/mol. The maximum atomic E-state index is 5.87. The summed E-state index contributed by atoms with van der Waals surface area (Å²) in [6.07, 6.45) is 3.04. The largest absolute Gasteiger partial charge is 0.389 e. The number of hydrogen-bond donors (Lipinski definition) is 1. The Bertz CT molecular complexity index is 481. The summed E-state index contributed by atoms with van der Waals surface area (Å²) in [6.45, 7) is 10.7. The molecule has 0 aliphatic carbocycles. The number of nitrogens with two attached hydrogens (primary N) is 1. The van der Waals surface area contributed by atoms with Gasteiger partial charge in [-0.3, -0.25) is 4.90 Å². The number of aromatic nitrogens is 1. The minimum absolute atomic E-state index is 0.440. The zero-order valence-electron chi connectivity index (χ0n) is 12.6. The molecule has 0 radical (unpaired) electrons. The van der Waals surface area contributed by atoms with Crippen LogP contribution in [-0.2, 0) is 0 Å². The molecule has 2 N–H and O–H groups in total. The molecule has 0 spiro atoms. The van der Waals surface area contributed by atoms with Crippen LogP contribution in [0.3, 0.4) is 0 Å². The second kappa shape index (κ2) is 6.50. The van der Waals surface area contributed by atoms with Crippen molar-refractivity contribution in [2.24, 2.45) is 5.73 Å². The number of thiocarbonyl (C=S) groups is 1. The summed E-state index contributed by atoms with van der Waals surface area (Å²) in [5, 5.41) is 0. The Labute approximate surface area is 127 Å². The van der Waals surface area contributed by atoms with Crippen molar-refractivity contribution in [1.82, 2.24) is 9.88 Å². The lowest BCUT2D eigenvalue weighted by atomic mass is 10.1. The molecule has 1 saturated heterocycles. The summed E-state index contributed by atoms with van der Waals surface area (Å²) in [7, 11) is 0. The SMILES string of the molecule is CCC(C)N1CCN(c2nccc(C)c2C(N)=S)CC1. The van der Waals surface area contributed by atoms with Crippen molar-refractivity contribution in [3.63, 3.8) is 0 Å². The molecule has 1 unspecified atom stereocenters. The van der Waals surface area contributed by atoms with Crippen molar-refractivity contribution < 1.29 is 0 Å². The van der Waals surface area contributed by atoms with Gasteiger partial charge in [-0.1, -0.05) is 19.1 Å². The fourth-order valence-electron chi connectivity index (χ4n) is 2.72. The predicted octanol–water partition coefficient (Wildman–Crippen LogP) is 1.94. The van der Waals surface area contributed by atoms with Crippen LogP contribution in [0.5, 0.6) is 0 Å². The zero-order chi connectivity index (χ0) is 14.7. The standard InChI is InChI=1S/C15H24N4S/c1-4-12(3)18-7-9-19(10-8-18)15-13(14(16)20)11(2)5-6-17-15/h5-6,12H,4,7-10H2,1-3H3,(H2,16,20). The lowest BCUT2D eigenvalue weighted by Crippen LogP contribution is -2.50. The van der Waals surface area contributed by atoms with Crippen LogP contribution in [0.4, 0.5) is 5.82 Å². The zero-order valence-corrected chi connectivity index (χ0v) is 13.4. The predicted molar refractivity (Wildman–Crippen MR) is 88.4 cm³/mol. The third-order valence-electron chi connectivity index (χ3n) is 4.21. The van der Waals surface area contributed by atoms with Gasteiger partial charge in [-0.05, 0) is 31.9 Å². The van der Waals surface area contributed by atoms with E-state index in [0.717, 1.165) is 43.1 Å². The topological polar surface area (TPSA) is 45.4 Å². The van der Waals surface area contributed by atoms with Crippen molar-refractivity contribution in [3.8, 4) is 0 Å². The Morgan fingerprint density at radius 3 is 2.60 bits per heavy atom. The number of hydrogen-bond acceptors (Lipinski definition) is 4. The first kappa shape index (κ1) is 15.2. The number of pyridine rings is 1. The van der Waals surface area contributed by atoms with Gasteiger partial charge in [-0.2, -0.15) is 0 Å². The minimum atomic E-state index is 0.440. The smallest absolute Gasteiger partial charge is 0.139 e. The van der Waals surface area contributed by atoms with Gasteiger partial charge in [0.05, 0.1) is 5.56 Å². The molecule has 0 amide bonds. The van der Waals surface area contributed by atoms with Gasteiger partial charge >= 0.3 is 0 Å². The lowest BCUT2D eigenvalue weighted by Gasteiger charge is -2.39. The van der Waals surface area contributed by atoms with E-state index in [1.165, 1.54) is 6.42 Å². The summed E-state index contributed by atoms with van der Waals surface area (Å²) < 4.78 is 0. The first-order chi connectivity index (χ1) is 9.54. The van der Waals surface area contributed by atoms with Crippen molar-refractivity contribution >= 4 is 23.0 Å². The van der Waals surface area contributed by atoms with Crippen LogP contribution in [0.25, 0.3) is 0 Å². The normalized spacial score (nSPS) is 18.1. The van der Waals surface area contributed by atoms with Crippen LogP contribution in [0, 0.1) is 6.92 Å². The van der Waals surface area contributed by atoms with E-state index in [2.05, 4.69) is 28.6 Å². The van der Waals surface area contributed by atoms with Crippen molar-refractivity contribution in [3.05, 3.63) is 23.4 Å². The van der Waals surface area contributed by atoms with E-state index in [1.807, 2.05) is 19.2 Å². The maximum absolute atomic E-state index is 5.87. The highest BCUT2D eigenvalue weighted by atomic mass is 32.1. The average molecular weight is 292 g/mol. The van der Waals surface area contributed by atoms with Gasteiger partial charge in [0.25, 0.3) is 0 Å². The van der Waals surface area contributed by atoms with Crippen LogP contribution in [0.15, 0.2) is 12.3 Å². The van der Waals surface area contributed by atoms with E-state index in [4.69, 9.17) is 18.0 Å². The van der Waals surface area contributed by atoms with Gasteiger partial charge in [0.2, 0.25) is 0 Å². The van der Waals surface area contributed by atoms with Crippen molar-refractivity contribution in [1.29, 1.82) is 0 Å². The first-order valence-electron chi connectivity index (χ1n) is 7.29. The summed E-state index contributed by atoms with van der Waals surface area (Å²) in [5.41, 5.74) is 7.91. The Hall–Kier alpha value is -1.20. The number of aryl methyl sites for hydroxylation is 1. The van der Waals surface area contributed by atoms with Gasteiger partial charge in [0, 0.05) is 38.4 Å². The van der Waals surface area contributed by atoms with E-state index in [0.29, 0.717) is 11.0 Å². The van der Waals surface area contributed by atoms with Crippen LogP contribution in [-0.4, -0.2) is 47.1 Å². The highest BCUT2D eigenvalue weighted by molar-refractivity contribution is 7.80. The first-order valence-corrected chi connectivity index (χ1v) is 7.69. The van der Waals surface area contributed by atoms with Gasteiger partial charge in [0.1, 0.15) is 10.8 Å². The van der Waals surface area contributed by atoms with Crippen molar-refractivity contribution in [2.75, 3.05) is 31.1 Å². The molecule has 2 heterocycles. The van der Waals surface area contributed by atoms with E-state index >= 15 is 0 Å². The molecule has 5 heteroatoms. The Morgan fingerprint density at radius 2 is 2.05 bits per heavy atom. The number of piperazine rings is 1. The Morgan fingerprint density at radius 1 is 1.40 bits per heavy atom. The molecule has 1 aromatic heterocycles. The summed E-state index contributed by atoms with van der Waals surface area (Å²) in [6, 6.07) is 2.62.